The van der Waals surface area contributed by atoms with Crippen LogP contribution in [0.25, 0.3) is 0 Å². The van der Waals surface area contributed by atoms with Crippen LogP contribution in [-0.4, -0.2) is 57.1 Å². The summed E-state index contributed by atoms with van der Waals surface area (Å²) in [5.41, 5.74) is 5.81. The second-order valence-corrected chi connectivity index (χ2v) is 4.11. The van der Waals surface area contributed by atoms with E-state index in [2.05, 4.69) is 9.97 Å². The molecule has 1 rings (SSSR count). The molecule has 0 saturated carbocycles. The van der Waals surface area contributed by atoms with Crippen LogP contribution in [-0.2, 0) is 9.47 Å². The van der Waals surface area contributed by atoms with Gasteiger partial charge in [-0.25, -0.2) is 9.97 Å². The van der Waals surface area contributed by atoms with E-state index in [0.29, 0.717) is 37.1 Å². The number of methoxy groups -OCH3 is 3. The fourth-order valence-electron chi connectivity index (χ4n) is 1.83. The number of hydrogen-bond acceptors (Lipinski definition) is 7. The Morgan fingerprint density at radius 3 is 2.58 bits per heavy atom. The lowest BCUT2D eigenvalue weighted by Gasteiger charge is -2.30. The number of aromatic nitrogens is 2. The molecule has 0 radical (unpaired) electrons. The van der Waals surface area contributed by atoms with Crippen molar-refractivity contribution in [2.45, 2.75) is 13.0 Å². The Hall–Kier alpha value is -1.60. The van der Waals surface area contributed by atoms with Crippen molar-refractivity contribution in [2.75, 3.05) is 51.7 Å². The standard InChI is InChI=1S/C12H22N4O3/c1-9(7-18-3)16(5-6-17-2)12-10(19-4)11(13)14-8-15-12/h8-9H,5-7H2,1-4H3,(H2,13,14,15). The quantitative estimate of drug-likeness (QED) is 0.738. The van der Waals surface area contributed by atoms with E-state index < -0.39 is 0 Å². The first-order valence-electron chi connectivity index (χ1n) is 6.04. The van der Waals surface area contributed by atoms with E-state index in [1.165, 1.54) is 6.33 Å². The Balaban J connectivity index is 3.05. The molecule has 1 aromatic heterocycles. The fraction of sp³-hybridized carbons (Fsp3) is 0.667. The van der Waals surface area contributed by atoms with Crippen molar-refractivity contribution in [3.63, 3.8) is 0 Å². The van der Waals surface area contributed by atoms with Crippen molar-refractivity contribution < 1.29 is 14.2 Å². The van der Waals surface area contributed by atoms with E-state index in [0.717, 1.165) is 0 Å². The van der Waals surface area contributed by atoms with Gasteiger partial charge in [-0.15, -0.1) is 0 Å². The summed E-state index contributed by atoms with van der Waals surface area (Å²) in [7, 11) is 4.87. The highest BCUT2D eigenvalue weighted by Gasteiger charge is 2.21. The van der Waals surface area contributed by atoms with Crippen LogP contribution >= 0.6 is 0 Å². The molecule has 1 heterocycles. The summed E-state index contributed by atoms with van der Waals surface area (Å²) in [6, 6.07) is 0.114. The Labute approximate surface area is 113 Å². The van der Waals surface area contributed by atoms with Crippen molar-refractivity contribution in [1.82, 2.24) is 9.97 Å². The third-order valence-corrected chi connectivity index (χ3v) is 2.76. The van der Waals surface area contributed by atoms with Crippen LogP contribution in [0.5, 0.6) is 5.75 Å². The maximum absolute atomic E-state index is 5.81. The van der Waals surface area contributed by atoms with E-state index >= 15 is 0 Å². The molecule has 0 aliphatic heterocycles. The Morgan fingerprint density at radius 2 is 2.00 bits per heavy atom. The lowest BCUT2D eigenvalue weighted by Crippen LogP contribution is -2.39. The first-order chi connectivity index (χ1) is 9.15. The van der Waals surface area contributed by atoms with Crippen molar-refractivity contribution >= 4 is 11.6 Å². The molecule has 0 spiro atoms. The molecule has 0 bridgehead atoms. The van der Waals surface area contributed by atoms with Crippen LogP contribution in [0.2, 0.25) is 0 Å². The molecule has 2 N–H and O–H groups in total. The highest BCUT2D eigenvalue weighted by molar-refractivity contribution is 5.63. The van der Waals surface area contributed by atoms with Crippen molar-refractivity contribution in [3.8, 4) is 5.75 Å². The molecule has 1 atom stereocenters. The van der Waals surface area contributed by atoms with E-state index in [4.69, 9.17) is 19.9 Å². The number of hydrogen-bond donors (Lipinski definition) is 1. The molecular weight excluding hydrogens is 248 g/mol. The largest absolute Gasteiger partial charge is 0.490 e. The summed E-state index contributed by atoms with van der Waals surface area (Å²) in [6.07, 6.45) is 1.42. The van der Waals surface area contributed by atoms with Gasteiger partial charge in [0, 0.05) is 20.8 Å². The van der Waals surface area contributed by atoms with Crippen LogP contribution in [0, 0.1) is 0 Å². The zero-order valence-electron chi connectivity index (χ0n) is 11.9. The molecule has 0 fully saturated rings. The highest BCUT2D eigenvalue weighted by atomic mass is 16.5. The van der Waals surface area contributed by atoms with Crippen LogP contribution in [0.4, 0.5) is 11.6 Å². The number of ether oxygens (including phenoxy) is 3. The lowest BCUT2D eigenvalue weighted by atomic mass is 10.2. The normalized spacial score (nSPS) is 12.2. The first kappa shape index (κ1) is 15.5. The van der Waals surface area contributed by atoms with Crippen molar-refractivity contribution in [2.24, 2.45) is 0 Å². The minimum Gasteiger partial charge on any atom is -0.490 e. The van der Waals surface area contributed by atoms with Gasteiger partial charge in [0.25, 0.3) is 0 Å². The molecule has 0 aliphatic rings. The zero-order chi connectivity index (χ0) is 14.3. The summed E-state index contributed by atoms with van der Waals surface area (Å²) < 4.78 is 15.6. The Bertz CT molecular complexity index is 389. The number of anilines is 2. The summed E-state index contributed by atoms with van der Waals surface area (Å²) >= 11 is 0. The van der Waals surface area contributed by atoms with E-state index in [1.54, 1.807) is 21.3 Å². The SMILES string of the molecule is COCCN(c1ncnc(N)c1OC)C(C)COC. The van der Waals surface area contributed by atoms with Gasteiger partial charge in [0.15, 0.2) is 11.6 Å². The molecule has 7 heteroatoms. The van der Waals surface area contributed by atoms with Crippen LogP contribution in [0.15, 0.2) is 6.33 Å². The van der Waals surface area contributed by atoms with Gasteiger partial charge in [-0.1, -0.05) is 0 Å². The minimum atomic E-state index is 0.114. The van der Waals surface area contributed by atoms with Gasteiger partial charge in [0.05, 0.1) is 26.4 Å². The molecule has 7 nitrogen and oxygen atoms in total. The highest BCUT2D eigenvalue weighted by Crippen LogP contribution is 2.30. The maximum Gasteiger partial charge on any atom is 0.204 e. The molecule has 1 unspecified atom stereocenters. The number of nitrogens with zero attached hydrogens (tertiary/aromatic N) is 3. The van der Waals surface area contributed by atoms with Crippen LogP contribution in [0.1, 0.15) is 6.92 Å². The Kier molecular flexibility index (Phi) is 6.31. The molecule has 0 aromatic carbocycles. The number of nitrogens with two attached hydrogens (primary N) is 1. The molecule has 1 aromatic rings. The molecule has 0 aliphatic carbocycles. The zero-order valence-corrected chi connectivity index (χ0v) is 11.9. The molecule has 19 heavy (non-hydrogen) atoms. The predicted molar refractivity (Wildman–Crippen MR) is 73.6 cm³/mol. The monoisotopic (exact) mass is 270 g/mol. The van der Waals surface area contributed by atoms with Gasteiger partial charge in [0.1, 0.15) is 6.33 Å². The van der Waals surface area contributed by atoms with E-state index in [-0.39, 0.29) is 6.04 Å². The summed E-state index contributed by atoms with van der Waals surface area (Å²) in [6.45, 7) is 3.84. The summed E-state index contributed by atoms with van der Waals surface area (Å²) in [5, 5.41) is 0. The third kappa shape index (κ3) is 3.93. The Morgan fingerprint density at radius 1 is 1.26 bits per heavy atom. The second-order valence-electron chi connectivity index (χ2n) is 4.11. The van der Waals surface area contributed by atoms with Gasteiger partial charge < -0.3 is 24.8 Å². The smallest absolute Gasteiger partial charge is 0.204 e. The molecular formula is C12H22N4O3. The van der Waals surface area contributed by atoms with Gasteiger partial charge in [-0.3, -0.25) is 0 Å². The number of rotatable bonds is 8. The topological polar surface area (TPSA) is 82.7 Å². The fourth-order valence-corrected chi connectivity index (χ4v) is 1.83. The van der Waals surface area contributed by atoms with Gasteiger partial charge >= 0.3 is 0 Å². The van der Waals surface area contributed by atoms with Crippen LogP contribution in [0.3, 0.4) is 0 Å². The van der Waals surface area contributed by atoms with Gasteiger partial charge in [-0.2, -0.15) is 0 Å². The summed E-state index contributed by atoms with van der Waals surface area (Å²) in [5.74, 6) is 1.44. The predicted octanol–water partition coefficient (Wildman–Crippen LogP) is 0.555. The van der Waals surface area contributed by atoms with Crippen molar-refractivity contribution in [3.05, 3.63) is 6.33 Å². The maximum atomic E-state index is 5.81. The third-order valence-electron chi connectivity index (χ3n) is 2.76. The first-order valence-corrected chi connectivity index (χ1v) is 6.04. The van der Waals surface area contributed by atoms with E-state index in [1.807, 2.05) is 11.8 Å². The van der Waals surface area contributed by atoms with Crippen LogP contribution < -0.4 is 15.4 Å². The van der Waals surface area contributed by atoms with Gasteiger partial charge in [-0.05, 0) is 6.92 Å². The van der Waals surface area contributed by atoms with Gasteiger partial charge in [0.2, 0.25) is 5.75 Å². The molecule has 0 saturated heterocycles. The average molecular weight is 270 g/mol. The van der Waals surface area contributed by atoms with Crippen molar-refractivity contribution in [1.29, 1.82) is 0 Å². The second kappa shape index (κ2) is 7.75. The summed E-state index contributed by atoms with van der Waals surface area (Å²) in [4.78, 5) is 10.2. The lowest BCUT2D eigenvalue weighted by molar-refractivity contribution is 0.170. The average Bonchev–Trinajstić information content (AvgIpc) is 2.39. The molecule has 0 amide bonds. The molecule has 108 valence electrons. The minimum absolute atomic E-state index is 0.114. The van der Waals surface area contributed by atoms with E-state index in [9.17, 15) is 0 Å². The number of nitrogen functional groups attached to an aromatic ring is 1.